The summed E-state index contributed by atoms with van der Waals surface area (Å²) in [5.41, 5.74) is 5.88. The summed E-state index contributed by atoms with van der Waals surface area (Å²) < 4.78 is 0. The average Bonchev–Trinajstić information content (AvgIpc) is 3.26. The van der Waals surface area contributed by atoms with Gasteiger partial charge in [-0.25, -0.2) is 4.98 Å². The van der Waals surface area contributed by atoms with Crippen LogP contribution in [-0.4, -0.2) is 28.3 Å². The molecule has 178 valence electrons. The van der Waals surface area contributed by atoms with Crippen molar-refractivity contribution in [2.75, 3.05) is 11.9 Å². The number of nitrogens with one attached hydrogen (secondary N) is 3. The Hall–Kier alpha value is -3.41. The highest BCUT2D eigenvalue weighted by atomic mass is 16.2. The van der Waals surface area contributed by atoms with E-state index in [0.717, 1.165) is 48.2 Å². The van der Waals surface area contributed by atoms with E-state index >= 15 is 0 Å². The number of nitrogens with zero attached hydrogens (tertiary/aromatic N) is 1. The maximum atomic E-state index is 12.6. The lowest BCUT2D eigenvalue weighted by atomic mass is 9.97. The standard InChI is InChI=1S/C28H34N4O2/c1-2-6-27(33)30-23-13-9-21(10-14-23)11-16-26-31-24-15-12-22(19-25(24)32-26)28(34)29-18-17-20-7-4-3-5-8-20/h7,9-10,12-15,19H,2-6,8,11,16-18H2,1H3,(H,29,34)(H,30,33)(H,31,32). The Bertz CT molecular complexity index is 1160. The third-order valence-corrected chi connectivity index (χ3v) is 6.28. The van der Waals surface area contributed by atoms with Crippen molar-refractivity contribution in [3.8, 4) is 0 Å². The summed E-state index contributed by atoms with van der Waals surface area (Å²) >= 11 is 0. The molecule has 0 fully saturated rings. The van der Waals surface area contributed by atoms with Gasteiger partial charge < -0.3 is 15.6 Å². The second kappa shape index (κ2) is 11.6. The van der Waals surface area contributed by atoms with Crippen LogP contribution in [0.25, 0.3) is 11.0 Å². The van der Waals surface area contributed by atoms with Crippen LogP contribution in [0.3, 0.4) is 0 Å². The highest BCUT2D eigenvalue weighted by Gasteiger charge is 2.10. The zero-order chi connectivity index (χ0) is 23.8. The van der Waals surface area contributed by atoms with E-state index in [1.165, 1.54) is 36.8 Å². The lowest BCUT2D eigenvalue weighted by molar-refractivity contribution is -0.116. The van der Waals surface area contributed by atoms with E-state index in [1.54, 1.807) is 0 Å². The monoisotopic (exact) mass is 458 g/mol. The number of H-pyrrole nitrogens is 1. The topological polar surface area (TPSA) is 86.9 Å². The maximum Gasteiger partial charge on any atom is 0.251 e. The van der Waals surface area contributed by atoms with Crippen molar-refractivity contribution in [1.82, 2.24) is 15.3 Å². The number of amides is 2. The molecule has 0 unspecified atom stereocenters. The minimum Gasteiger partial charge on any atom is -0.352 e. The second-order valence-electron chi connectivity index (χ2n) is 9.02. The maximum absolute atomic E-state index is 12.6. The van der Waals surface area contributed by atoms with Gasteiger partial charge in [0.25, 0.3) is 5.91 Å². The van der Waals surface area contributed by atoms with Crippen LogP contribution in [0.15, 0.2) is 54.1 Å². The van der Waals surface area contributed by atoms with Crippen LogP contribution in [0.4, 0.5) is 5.69 Å². The number of rotatable bonds is 10. The number of imidazole rings is 1. The predicted molar refractivity (Wildman–Crippen MR) is 137 cm³/mol. The quantitative estimate of drug-likeness (QED) is 0.340. The molecule has 0 bridgehead atoms. The highest BCUT2D eigenvalue weighted by molar-refractivity contribution is 5.97. The largest absolute Gasteiger partial charge is 0.352 e. The molecule has 0 spiro atoms. The molecule has 1 aromatic heterocycles. The van der Waals surface area contributed by atoms with Crippen LogP contribution in [0.5, 0.6) is 0 Å². The second-order valence-corrected chi connectivity index (χ2v) is 9.02. The van der Waals surface area contributed by atoms with E-state index in [1.807, 2.05) is 49.4 Å². The molecule has 6 nitrogen and oxygen atoms in total. The number of aryl methyl sites for hydroxylation is 2. The first-order valence-corrected chi connectivity index (χ1v) is 12.4. The number of aromatic nitrogens is 2. The van der Waals surface area contributed by atoms with Gasteiger partial charge in [0.2, 0.25) is 5.91 Å². The number of carbonyl (C=O) groups is 2. The molecule has 0 radical (unpaired) electrons. The van der Waals surface area contributed by atoms with Gasteiger partial charge in [0.15, 0.2) is 0 Å². The summed E-state index contributed by atoms with van der Waals surface area (Å²) in [6.07, 6.45) is 11.1. The summed E-state index contributed by atoms with van der Waals surface area (Å²) in [5, 5.41) is 5.96. The van der Waals surface area contributed by atoms with E-state index in [9.17, 15) is 9.59 Å². The van der Waals surface area contributed by atoms with Crippen molar-refractivity contribution in [3.63, 3.8) is 0 Å². The van der Waals surface area contributed by atoms with Gasteiger partial charge in [-0.3, -0.25) is 9.59 Å². The SMILES string of the molecule is CCCC(=O)Nc1ccc(CCc2nc3ccc(C(=O)NCCC4=CCCCC4)cc3[nH]2)cc1. The number of carbonyl (C=O) groups excluding carboxylic acids is 2. The van der Waals surface area contributed by atoms with Crippen LogP contribution < -0.4 is 10.6 Å². The van der Waals surface area contributed by atoms with E-state index in [4.69, 9.17) is 0 Å². The Kier molecular flexibility index (Phi) is 8.12. The Balaban J connectivity index is 1.30. The molecule has 3 aromatic rings. The van der Waals surface area contributed by atoms with Crippen LogP contribution in [0.2, 0.25) is 0 Å². The molecule has 0 atom stereocenters. The first kappa shape index (κ1) is 23.7. The fourth-order valence-electron chi connectivity index (χ4n) is 4.36. The summed E-state index contributed by atoms with van der Waals surface area (Å²) in [7, 11) is 0. The van der Waals surface area contributed by atoms with E-state index in [2.05, 4.69) is 26.7 Å². The fraction of sp³-hybridized carbons (Fsp3) is 0.393. The van der Waals surface area contributed by atoms with Gasteiger partial charge in [-0.05, 0) is 80.8 Å². The first-order valence-electron chi connectivity index (χ1n) is 12.4. The van der Waals surface area contributed by atoms with Crippen LogP contribution in [-0.2, 0) is 17.6 Å². The first-order chi connectivity index (χ1) is 16.6. The Morgan fingerprint density at radius 1 is 1.03 bits per heavy atom. The van der Waals surface area contributed by atoms with Crippen molar-refractivity contribution in [3.05, 3.63) is 71.1 Å². The Labute approximate surface area is 201 Å². The van der Waals surface area contributed by atoms with Gasteiger partial charge >= 0.3 is 0 Å². The number of allylic oxidation sites excluding steroid dienone is 1. The number of benzene rings is 2. The Morgan fingerprint density at radius 3 is 2.65 bits per heavy atom. The molecular weight excluding hydrogens is 424 g/mol. The molecule has 1 heterocycles. The molecule has 6 heteroatoms. The zero-order valence-corrected chi connectivity index (χ0v) is 20.0. The molecule has 4 rings (SSSR count). The molecule has 34 heavy (non-hydrogen) atoms. The molecule has 1 aliphatic carbocycles. The van der Waals surface area contributed by atoms with Crippen molar-refractivity contribution >= 4 is 28.5 Å². The van der Waals surface area contributed by atoms with E-state index in [-0.39, 0.29) is 11.8 Å². The third kappa shape index (κ3) is 6.56. The van der Waals surface area contributed by atoms with Crippen molar-refractivity contribution in [1.29, 1.82) is 0 Å². The van der Waals surface area contributed by atoms with Crippen LogP contribution >= 0.6 is 0 Å². The molecule has 2 aromatic carbocycles. The lowest BCUT2D eigenvalue weighted by Gasteiger charge is -2.12. The van der Waals surface area contributed by atoms with E-state index < -0.39 is 0 Å². The normalized spacial score (nSPS) is 13.5. The zero-order valence-electron chi connectivity index (χ0n) is 20.0. The highest BCUT2D eigenvalue weighted by Crippen LogP contribution is 2.20. The lowest BCUT2D eigenvalue weighted by Crippen LogP contribution is -2.24. The molecule has 3 N–H and O–H groups in total. The van der Waals surface area contributed by atoms with E-state index in [0.29, 0.717) is 18.5 Å². The molecule has 0 saturated carbocycles. The van der Waals surface area contributed by atoms with Gasteiger partial charge in [0, 0.05) is 30.6 Å². The number of fused-ring (bicyclic) bond motifs is 1. The van der Waals surface area contributed by atoms with Crippen molar-refractivity contribution in [2.45, 2.75) is 64.7 Å². The summed E-state index contributed by atoms with van der Waals surface area (Å²) in [5.74, 6) is 0.907. The summed E-state index contributed by atoms with van der Waals surface area (Å²) in [6, 6.07) is 13.6. The van der Waals surface area contributed by atoms with Gasteiger partial charge in [0.05, 0.1) is 11.0 Å². The van der Waals surface area contributed by atoms with Crippen LogP contribution in [0, 0.1) is 0 Å². The third-order valence-electron chi connectivity index (χ3n) is 6.28. The van der Waals surface area contributed by atoms with Gasteiger partial charge in [-0.1, -0.05) is 30.7 Å². The average molecular weight is 459 g/mol. The van der Waals surface area contributed by atoms with Gasteiger partial charge in [-0.2, -0.15) is 0 Å². The molecule has 1 aliphatic rings. The van der Waals surface area contributed by atoms with Gasteiger partial charge in [0.1, 0.15) is 5.82 Å². The smallest absolute Gasteiger partial charge is 0.251 e. The number of hydrogen-bond acceptors (Lipinski definition) is 3. The fourth-order valence-corrected chi connectivity index (χ4v) is 4.36. The molecular formula is C28H34N4O2. The van der Waals surface area contributed by atoms with Crippen molar-refractivity contribution < 1.29 is 9.59 Å². The predicted octanol–water partition coefficient (Wildman–Crippen LogP) is 5.71. The minimum absolute atomic E-state index is 0.0411. The Morgan fingerprint density at radius 2 is 1.88 bits per heavy atom. The van der Waals surface area contributed by atoms with Gasteiger partial charge in [-0.15, -0.1) is 0 Å². The molecule has 0 aliphatic heterocycles. The van der Waals surface area contributed by atoms with Crippen LogP contribution in [0.1, 0.15) is 73.6 Å². The summed E-state index contributed by atoms with van der Waals surface area (Å²) in [6.45, 7) is 2.67. The number of anilines is 1. The number of aromatic amines is 1. The number of hydrogen-bond donors (Lipinski definition) is 3. The molecule has 0 saturated heterocycles. The van der Waals surface area contributed by atoms with Crippen molar-refractivity contribution in [2.24, 2.45) is 0 Å². The summed E-state index contributed by atoms with van der Waals surface area (Å²) in [4.78, 5) is 32.4. The molecule has 2 amide bonds. The minimum atomic E-state index is -0.0411.